The number of aliphatic carboxylic acids is 2. The van der Waals surface area contributed by atoms with Crippen LogP contribution in [-0.4, -0.2) is 163 Å². The first kappa shape index (κ1) is 59.1. The van der Waals surface area contributed by atoms with Crippen molar-refractivity contribution in [1.29, 1.82) is 0 Å². The molecule has 3 aliphatic rings. The first-order chi connectivity index (χ1) is 37.1. The number of hydrogen-bond donors (Lipinski definition) is 12. The van der Waals surface area contributed by atoms with Gasteiger partial charge in [-0.25, -0.2) is 29.8 Å². The molecule has 0 spiro atoms. The molecule has 78 heavy (non-hydrogen) atoms. The number of hydrazone groups is 1. The number of fused-ring (bicyclic) bond motifs is 3. The van der Waals surface area contributed by atoms with Crippen LogP contribution < -0.4 is 54.4 Å². The van der Waals surface area contributed by atoms with E-state index in [2.05, 4.69) is 62.4 Å². The van der Waals surface area contributed by atoms with E-state index in [1.807, 2.05) is 6.92 Å². The van der Waals surface area contributed by atoms with Crippen LogP contribution in [0.15, 0.2) is 62.9 Å². The van der Waals surface area contributed by atoms with Crippen molar-refractivity contribution in [2.45, 2.75) is 83.4 Å². The van der Waals surface area contributed by atoms with Gasteiger partial charge in [0, 0.05) is 91.7 Å². The molecule has 4 heterocycles. The minimum Gasteiger partial charge on any atom is -0.480 e. The number of carboxylic acids is 2. The lowest BCUT2D eigenvalue weighted by atomic mass is 9.85. The van der Waals surface area contributed by atoms with Crippen LogP contribution >= 0.6 is 21.6 Å². The van der Waals surface area contributed by atoms with Crippen molar-refractivity contribution in [1.82, 2.24) is 56.8 Å². The molecule has 1 aliphatic carbocycles. The van der Waals surface area contributed by atoms with Crippen LogP contribution in [0, 0.1) is 5.92 Å². The number of nitrogens with two attached hydrogens (primary N) is 2. The maximum atomic E-state index is 13.9. The number of anilines is 2. The second-order valence-electron chi connectivity index (χ2n) is 17.9. The molecule has 14 N–H and O–H groups in total. The summed E-state index contributed by atoms with van der Waals surface area (Å²) in [5.74, 6) is -7.54. The number of amides is 5. The fourth-order valence-electron chi connectivity index (χ4n) is 8.50. The van der Waals surface area contributed by atoms with E-state index in [-0.39, 0.29) is 95.4 Å². The minimum atomic E-state index is -1.57. The van der Waals surface area contributed by atoms with Gasteiger partial charge in [-0.1, -0.05) is 21.6 Å². The van der Waals surface area contributed by atoms with Crippen molar-refractivity contribution >= 4 is 103 Å². The fraction of sp³-hybridized carbons (Fsp3) is 0.447. The number of nitrogens with one attached hydrogen (secondary N) is 8. The molecular weight excluding hydrogens is 1060 g/mol. The number of ketones is 2. The van der Waals surface area contributed by atoms with Gasteiger partial charge in [0.05, 0.1) is 35.7 Å². The van der Waals surface area contributed by atoms with Crippen LogP contribution in [0.2, 0.25) is 0 Å². The van der Waals surface area contributed by atoms with Gasteiger partial charge in [-0.2, -0.15) is 10.1 Å². The van der Waals surface area contributed by atoms with Crippen LogP contribution in [0.5, 0.6) is 0 Å². The van der Waals surface area contributed by atoms with Gasteiger partial charge in [0.2, 0.25) is 41.1 Å². The highest BCUT2D eigenvalue weighted by Crippen LogP contribution is 2.48. The smallest absolute Gasteiger partial charge is 0.404 e. The highest BCUT2D eigenvalue weighted by molar-refractivity contribution is 8.76. The van der Waals surface area contributed by atoms with E-state index in [9.17, 15) is 58.2 Å². The average Bonchev–Trinajstić information content (AvgIpc) is 4.01. The first-order valence-electron chi connectivity index (χ1n) is 24.2. The van der Waals surface area contributed by atoms with Gasteiger partial charge in [0.1, 0.15) is 18.7 Å². The average molecular weight is 1120 g/mol. The number of nitrogens with zero attached hydrogens (tertiary/aromatic N) is 5. The quantitative estimate of drug-likeness (QED) is 0.0139. The molecule has 31 heteroatoms. The van der Waals surface area contributed by atoms with Crippen LogP contribution in [0.3, 0.4) is 0 Å². The molecule has 1 aromatic carbocycles. The molecule has 0 radical (unpaired) electrons. The third kappa shape index (κ3) is 14.9. The largest absolute Gasteiger partial charge is 0.480 e. The number of rotatable bonds is 28. The molecule has 0 bridgehead atoms. The summed E-state index contributed by atoms with van der Waals surface area (Å²) in [6, 6.07) is 2.78. The zero-order valence-electron chi connectivity index (χ0n) is 42.7. The number of Topliss-reactive ketones (excluding diaryl/α,β-unsaturated/α-hetero) is 2. The SMILES string of the molecule is CO[C@]12NC(C)CN1C1=C(C(=O)C(NCCSSCCC(=O)N/N=C(\C)CCC(=O)NCC(NC(=O)CCC(NC(=O)c3ccc(NCc4cnc5nc(N)[nH]c(=O)c5n4)cc3)C(=O)O)C(=O)O)=C(C)C1=O)[C@H]2COC(N)=O. The first-order valence-corrected chi connectivity index (χ1v) is 26.7. The number of carbonyl (C=O) groups excluding carboxylic acids is 7. The van der Waals surface area contributed by atoms with Crippen molar-refractivity contribution in [2.75, 3.05) is 55.9 Å². The number of carboxylic acid groups (broad SMARTS) is 2. The van der Waals surface area contributed by atoms with E-state index in [4.69, 9.17) is 20.9 Å². The van der Waals surface area contributed by atoms with Gasteiger partial charge in [0.15, 0.2) is 11.2 Å². The van der Waals surface area contributed by atoms with E-state index >= 15 is 0 Å². The monoisotopic (exact) mass is 1120 g/mol. The normalized spacial score (nSPS) is 18.7. The highest BCUT2D eigenvalue weighted by Gasteiger charge is 2.62. The Labute approximate surface area is 452 Å². The number of methoxy groups -OCH3 is 1. The van der Waals surface area contributed by atoms with Crippen LogP contribution in [0.4, 0.5) is 16.4 Å². The third-order valence-electron chi connectivity index (χ3n) is 12.3. The summed E-state index contributed by atoms with van der Waals surface area (Å²) in [5.41, 5.74) is 15.0. The fourth-order valence-corrected chi connectivity index (χ4v) is 10.4. The number of H-pyrrole nitrogens is 1. The molecule has 2 aromatic heterocycles. The lowest BCUT2D eigenvalue weighted by molar-refractivity contribution is -0.145. The molecule has 418 valence electrons. The van der Waals surface area contributed by atoms with Crippen molar-refractivity contribution in [2.24, 2.45) is 16.8 Å². The van der Waals surface area contributed by atoms with E-state index in [1.165, 1.54) is 47.0 Å². The van der Waals surface area contributed by atoms with Crippen molar-refractivity contribution in [3.8, 4) is 0 Å². The van der Waals surface area contributed by atoms with Gasteiger partial charge in [0.25, 0.3) is 11.5 Å². The molecule has 6 rings (SSSR count). The van der Waals surface area contributed by atoms with Gasteiger partial charge < -0.3 is 62.6 Å². The Morgan fingerprint density at radius 1 is 0.923 bits per heavy atom. The molecule has 3 unspecified atom stereocenters. The lowest BCUT2D eigenvalue weighted by Gasteiger charge is -2.37. The van der Waals surface area contributed by atoms with Crippen LogP contribution in [-0.2, 0) is 49.6 Å². The number of primary amides is 1. The zero-order chi connectivity index (χ0) is 56.8. The molecule has 0 saturated carbocycles. The Morgan fingerprint density at radius 3 is 2.33 bits per heavy atom. The van der Waals surface area contributed by atoms with E-state index in [0.717, 1.165) is 0 Å². The number of ether oxygens (including phenoxy) is 2. The molecule has 3 aromatic rings. The Balaban J connectivity index is 0.839. The summed E-state index contributed by atoms with van der Waals surface area (Å²) in [7, 11) is 4.28. The van der Waals surface area contributed by atoms with Crippen LogP contribution in [0.1, 0.15) is 68.9 Å². The number of carbonyl (C=O) groups is 9. The summed E-state index contributed by atoms with van der Waals surface area (Å²) >= 11 is 0. The summed E-state index contributed by atoms with van der Waals surface area (Å²) in [6.45, 7) is 5.10. The predicted molar refractivity (Wildman–Crippen MR) is 283 cm³/mol. The summed E-state index contributed by atoms with van der Waals surface area (Å²) in [6.07, 6.45) is -0.422. The second kappa shape index (κ2) is 26.7. The van der Waals surface area contributed by atoms with E-state index in [1.54, 1.807) is 30.9 Å². The number of benzene rings is 1. The number of hydrogen-bond acceptors (Lipinski definition) is 23. The minimum absolute atomic E-state index is 0.00436. The van der Waals surface area contributed by atoms with Gasteiger partial charge in [-0.3, -0.25) is 43.9 Å². The lowest BCUT2D eigenvalue weighted by Crippen LogP contribution is -2.57. The topological polar surface area (TPSA) is 436 Å². The Morgan fingerprint density at radius 2 is 1.64 bits per heavy atom. The Bertz CT molecular complexity index is 3010. The predicted octanol–water partition coefficient (Wildman–Crippen LogP) is -0.811. The van der Waals surface area contributed by atoms with Gasteiger partial charge in [-0.05, 0) is 57.9 Å². The standard InChI is InChI=1S/C47H59N15O14S2/c1-22(60-61-33(65)13-15-77-78-16-14-50-35-24(3)38(66)37-34(39(35)67)28(21-76-46(49)74)47(75-4)59-23(2)20-62(37)47)5-11-31(63)52-19-30(44(72)73)55-32(64)12-10-29(43(70)71)56-41(68)25-6-8-26(9-7-25)51-17-27-18-53-40-36(54-27)42(69)58-45(48)57-40/h6-9,18,23,28-30,50-51,59H,5,10-17,19-21H2,1-4H3,(H2,49,74)(H,52,63)(H,55,64)(H,56,68)(H,61,65)(H,70,71)(H,72,73)(H3,48,53,57,58,69)/b60-22+/t23?,28-,29?,30?,47-/m1/s1. The summed E-state index contributed by atoms with van der Waals surface area (Å²) in [4.78, 5) is 142. The van der Waals surface area contributed by atoms with Crippen molar-refractivity contribution in [3.05, 3.63) is 74.6 Å². The van der Waals surface area contributed by atoms with Crippen LogP contribution in [0.25, 0.3) is 11.2 Å². The maximum absolute atomic E-state index is 13.9. The van der Waals surface area contributed by atoms with Crippen molar-refractivity contribution < 1.29 is 62.8 Å². The molecule has 5 amide bonds. The Kier molecular flexibility index (Phi) is 20.3. The Hall–Kier alpha value is -8.16. The second-order valence-corrected chi connectivity index (χ2v) is 20.6. The zero-order valence-corrected chi connectivity index (χ0v) is 44.3. The van der Waals surface area contributed by atoms with Gasteiger partial charge >= 0.3 is 18.0 Å². The molecule has 2 aliphatic heterocycles. The molecule has 1 saturated heterocycles. The molecular formula is C47H59N15O14S2. The summed E-state index contributed by atoms with van der Waals surface area (Å²) in [5, 5.41) is 39.9. The summed E-state index contributed by atoms with van der Waals surface area (Å²) < 4.78 is 11.0. The van der Waals surface area contributed by atoms with Gasteiger partial charge in [-0.15, -0.1) is 0 Å². The maximum Gasteiger partial charge on any atom is 0.404 e. The number of aromatic amines is 1. The number of allylic oxidation sites excluding steroid dienone is 2. The number of aromatic nitrogens is 4. The third-order valence-corrected chi connectivity index (χ3v) is 14.7. The molecule has 5 atom stereocenters. The number of nitrogen functional groups attached to an aromatic ring is 1. The van der Waals surface area contributed by atoms with E-state index < -0.39 is 90.3 Å². The van der Waals surface area contributed by atoms with Crippen molar-refractivity contribution in [3.63, 3.8) is 0 Å². The molecule has 1 fully saturated rings. The van der Waals surface area contributed by atoms with E-state index in [0.29, 0.717) is 41.7 Å². The molecule has 29 nitrogen and oxygen atoms in total. The highest BCUT2D eigenvalue weighted by atomic mass is 33.1.